The molecule has 0 saturated carbocycles. The smallest absolute Gasteiger partial charge is 0.183 e. The number of fused-ring (bicyclic) bond motifs is 1. The number of hydrogen-bond donors (Lipinski definition) is 4. The number of anilines is 1. The number of rotatable bonds is 2. The van der Waals surface area contributed by atoms with Crippen molar-refractivity contribution < 1.29 is 20.1 Å². The van der Waals surface area contributed by atoms with E-state index in [0.717, 1.165) is 0 Å². The highest BCUT2D eigenvalue weighted by Gasteiger charge is 2.53. The second-order valence-electron chi connectivity index (χ2n) is 5.07. The first-order valence-electron chi connectivity index (χ1n) is 6.19. The number of halogens is 1. The van der Waals surface area contributed by atoms with Crippen molar-refractivity contribution in [1.29, 1.82) is 0 Å². The topological polar surface area (TPSA) is 140 Å². The highest BCUT2D eigenvalue weighted by molar-refractivity contribution is 14.1. The van der Waals surface area contributed by atoms with Gasteiger partial charge in [0.25, 0.3) is 0 Å². The molecule has 1 fully saturated rings. The van der Waals surface area contributed by atoms with Crippen LogP contribution in [0.15, 0.2) is 6.33 Å². The summed E-state index contributed by atoms with van der Waals surface area (Å²) in [5.41, 5.74) is 4.58. The molecule has 10 heteroatoms. The van der Waals surface area contributed by atoms with Crippen molar-refractivity contribution in [2.45, 2.75) is 31.0 Å². The summed E-state index contributed by atoms with van der Waals surface area (Å²) < 4.78 is 7.44. The average Bonchev–Trinajstić information content (AvgIpc) is 2.87. The molecule has 3 rings (SSSR count). The van der Waals surface area contributed by atoms with Crippen molar-refractivity contribution >= 4 is 39.4 Å². The summed E-state index contributed by atoms with van der Waals surface area (Å²) >= 11 is 1.98. The summed E-state index contributed by atoms with van der Waals surface area (Å²) in [5.74, 6) is 0.271. The normalized spacial score (nSPS) is 32.9. The number of aromatic nitrogens is 4. The molecule has 0 unspecified atom stereocenters. The van der Waals surface area contributed by atoms with Crippen LogP contribution in [0, 0.1) is 3.70 Å². The SMILES string of the molecule is C[C@@]1(O)[C@H](O)[C@@H](CO)O[C@H]1n1nc(I)c2c(N)ncnc21. The largest absolute Gasteiger partial charge is 0.394 e. The zero-order valence-electron chi connectivity index (χ0n) is 11.0. The van der Waals surface area contributed by atoms with Gasteiger partial charge in [-0.2, -0.15) is 5.10 Å². The molecule has 1 aliphatic heterocycles. The molecule has 1 aliphatic rings. The van der Waals surface area contributed by atoms with Crippen LogP contribution in [0.3, 0.4) is 0 Å². The van der Waals surface area contributed by atoms with Gasteiger partial charge in [-0.25, -0.2) is 14.6 Å². The Hall–Kier alpha value is -1.08. The van der Waals surface area contributed by atoms with Gasteiger partial charge < -0.3 is 25.8 Å². The maximum absolute atomic E-state index is 10.5. The van der Waals surface area contributed by atoms with Crippen LogP contribution in [-0.2, 0) is 4.74 Å². The van der Waals surface area contributed by atoms with E-state index in [1.807, 2.05) is 22.6 Å². The molecule has 0 amide bonds. The maximum Gasteiger partial charge on any atom is 0.183 e. The summed E-state index contributed by atoms with van der Waals surface area (Å²) in [6.45, 7) is 1.00. The maximum atomic E-state index is 10.5. The molecule has 9 nitrogen and oxygen atoms in total. The van der Waals surface area contributed by atoms with Crippen molar-refractivity contribution in [3.05, 3.63) is 10.0 Å². The van der Waals surface area contributed by atoms with E-state index in [0.29, 0.717) is 14.7 Å². The Kier molecular flexibility index (Phi) is 3.52. The van der Waals surface area contributed by atoms with Crippen LogP contribution in [0.5, 0.6) is 0 Å². The first-order valence-corrected chi connectivity index (χ1v) is 7.26. The van der Waals surface area contributed by atoms with E-state index in [4.69, 9.17) is 10.5 Å². The molecule has 0 aromatic carbocycles. The van der Waals surface area contributed by atoms with Crippen molar-refractivity contribution in [1.82, 2.24) is 19.7 Å². The van der Waals surface area contributed by atoms with Crippen LogP contribution in [0.1, 0.15) is 13.2 Å². The van der Waals surface area contributed by atoms with Gasteiger partial charge in [0.05, 0.1) is 12.0 Å². The highest BCUT2D eigenvalue weighted by Crippen LogP contribution is 2.39. The van der Waals surface area contributed by atoms with Gasteiger partial charge in [-0.15, -0.1) is 0 Å². The number of nitrogen functional groups attached to an aromatic ring is 1. The molecule has 5 N–H and O–H groups in total. The van der Waals surface area contributed by atoms with E-state index in [-0.39, 0.29) is 5.82 Å². The monoisotopic (exact) mass is 407 g/mol. The van der Waals surface area contributed by atoms with Crippen molar-refractivity contribution in [2.24, 2.45) is 0 Å². The number of hydrogen-bond acceptors (Lipinski definition) is 8. The minimum atomic E-state index is -1.63. The van der Waals surface area contributed by atoms with E-state index in [1.54, 1.807) is 0 Å². The van der Waals surface area contributed by atoms with Crippen molar-refractivity contribution in [3.63, 3.8) is 0 Å². The van der Waals surface area contributed by atoms with Gasteiger partial charge in [0, 0.05) is 0 Å². The molecule has 0 spiro atoms. The minimum Gasteiger partial charge on any atom is -0.394 e. The molecule has 4 atom stereocenters. The Balaban J connectivity index is 2.15. The van der Waals surface area contributed by atoms with Crippen LogP contribution >= 0.6 is 22.6 Å². The van der Waals surface area contributed by atoms with Crippen molar-refractivity contribution in [2.75, 3.05) is 12.3 Å². The second-order valence-corrected chi connectivity index (χ2v) is 6.09. The molecular formula is C11H14IN5O4. The Labute approximate surface area is 132 Å². The number of nitrogens with zero attached hydrogens (tertiary/aromatic N) is 4. The third-order valence-electron chi connectivity index (χ3n) is 3.63. The molecule has 0 bridgehead atoms. The molecule has 2 aromatic rings. The molecule has 0 radical (unpaired) electrons. The first-order chi connectivity index (χ1) is 9.87. The van der Waals surface area contributed by atoms with Crippen LogP contribution in [0.25, 0.3) is 11.0 Å². The van der Waals surface area contributed by atoms with Crippen LogP contribution in [-0.4, -0.2) is 59.5 Å². The van der Waals surface area contributed by atoms with Gasteiger partial charge in [-0.1, -0.05) is 0 Å². The zero-order valence-corrected chi connectivity index (χ0v) is 13.2. The van der Waals surface area contributed by atoms with Gasteiger partial charge in [0.2, 0.25) is 0 Å². The number of aliphatic hydroxyl groups is 3. The third-order valence-corrected chi connectivity index (χ3v) is 4.39. The highest BCUT2D eigenvalue weighted by atomic mass is 127. The standard InChI is InChI=1S/C11H14IN5O4/c1-11(20)6(19)4(2-18)21-10(11)17-9-5(7(12)16-17)8(13)14-3-15-9/h3-4,6,10,18-20H,2H2,1H3,(H2,13,14,15)/t4-,6-,10-,11-/m1/s1. The summed E-state index contributed by atoms with van der Waals surface area (Å²) in [5, 5.41) is 34.6. The Morgan fingerprint density at radius 3 is 2.86 bits per heavy atom. The van der Waals surface area contributed by atoms with Gasteiger partial charge in [0.15, 0.2) is 11.9 Å². The second kappa shape index (κ2) is 4.98. The van der Waals surface area contributed by atoms with Gasteiger partial charge >= 0.3 is 0 Å². The van der Waals surface area contributed by atoms with Gasteiger partial charge in [-0.05, 0) is 29.5 Å². The fraction of sp³-hybridized carbons (Fsp3) is 0.545. The summed E-state index contributed by atoms with van der Waals surface area (Å²) in [6.07, 6.45) is -1.86. The molecule has 3 heterocycles. The predicted molar refractivity (Wildman–Crippen MR) is 80.1 cm³/mol. The number of ether oxygens (including phenoxy) is 1. The fourth-order valence-electron chi connectivity index (χ4n) is 2.46. The lowest BCUT2D eigenvalue weighted by Crippen LogP contribution is -2.44. The number of aliphatic hydroxyl groups excluding tert-OH is 2. The Morgan fingerprint density at radius 2 is 2.24 bits per heavy atom. The quantitative estimate of drug-likeness (QED) is 0.466. The van der Waals surface area contributed by atoms with E-state index in [2.05, 4.69) is 15.1 Å². The lowest BCUT2D eigenvalue weighted by Gasteiger charge is -2.26. The fourth-order valence-corrected chi connectivity index (χ4v) is 3.21. The molecular weight excluding hydrogens is 393 g/mol. The average molecular weight is 407 g/mol. The van der Waals surface area contributed by atoms with Crippen LogP contribution in [0.2, 0.25) is 0 Å². The van der Waals surface area contributed by atoms with Gasteiger partial charge in [0.1, 0.15) is 33.7 Å². The molecule has 0 aliphatic carbocycles. The predicted octanol–water partition coefficient (Wildman–Crippen LogP) is -0.985. The van der Waals surface area contributed by atoms with E-state index in [9.17, 15) is 15.3 Å². The number of nitrogens with two attached hydrogens (primary N) is 1. The summed E-state index contributed by atoms with van der Waals surface area (Å²) in [6, 6.07) is 0. The Bertz CT molecular complexity index is 691. The van der Waals surface area contributed by atoms with E-state index >= 15 is 0 Å². The van der Waals surface area contributed by atoms with E-state index in [1.165, 1.54) is 17.9 Å². The lowest BCUT2D eigenvalue weighted by atomic mass is 9.97. The van der Waals surface area contributed by atoms with E-state index < -0.39 is 30.6 Å². The summed E-state index contributed by atoms with van der Waals surface area (Å²) in [4.78, 5) is 8.02. The van der Waals surface area contributed by atoms with Crippen LogP contribution in [0.4, 0.5) is 5.82 Å². The molecule has 114 valence electrons. The molecule has 1 saturated heterocycles. The lowest BCUT2D eigenvalue weighted by molar-refractivity contribution is -0.100. The van der Waals surface area contributed by atoms with Gasteiger partial charge in [-0.3, -0.25) is 0 Å². The molecule has 2 aromatic heterocycles. The zero-order chi connectivity index (χ0) is 15.4. The minimum absolute atomic E-state index is 0.271. The molecule has 21 heavy (non-hydrogen) atoms. The first kappa shape index (κ1) is 14.8. The third kappa shape index (κ3) is 2.09. The Morgan fingerprint density at radius 1 is 1.52 bits per heavy atom. The van der Waals surface area contributed by atoms with Crippen LogP contribution < -0.4 is 5.73 Å². The summed E-state index contributed by atoms with van der Waals surface area (Å²) in [7, 11) is 0. The van der Waals surface area contributed by atoms with Crippen molar-refractivity contribution in [3.8, 4) is 0 Å².